The van der Waals surface area contributed by atoms with Gasteiger partial charge in [0.1, 0.15) is 0 Å². The zero-order valence-corrected chi connectivity index (χ0v) is 13.2. The number of benzene rings is 1. The zero-order chi connectivity index (χ0) is 14.0. The average Bonchev–Trinajstić information content (AvgIpc) is 2.91. The van der Waals surface area contributed by atoms with Gasteiger partial charge in [0.2, 0.25) is 0 Å². The molecular formula is C16H23N3S. The van der Waals surface area contributed by atoms with Gasteiger partial charge in [-0.2, -0.15) is 0 Å². The average molecular weight is 289 g/mol. The van der Waals surface area contributed by atoms with Gasteiger partial charge in [-0.05, 0) is 45.8 Å². The van der Waals surface area contributed by atoms with E-state index in [0.717, 1.165) is 10.9 Å². The second-order valence-electron chi connectivity index (χ2n) is 6.04. The summed E-state index contributed by atoms with van der Waals surface area (Å²) in [5.74, 6) is 1.12. The second kappa shape index (κ2) is 5.78. The number of likely N-dealkylation sites (tertiary alicyclic amines) is 1. The molecule has 2 heterocycles. The van der Waals surface area contributed by atoms with E-state index >= 15 is 0 Å². The van der Waals surface area contributed by atoms with E-state index in [0.29, 0.717) is 0 Å². The molecule has 0 atom stereocenters. The molecule has 0 amide bonds. The third-order valence-electron chi connectivity index (χ3n) is 4.05. The summed E-state index contributed by atoms with van der Waals surface area (Å²) >= 11 is 1.85. The Bertz CT molecular complexity index is 504. The number of hydrogen-bond acceptors (Lipinski definition) is 4. The fourth-order valence-corrected chi connectivity index (χ4v) is 3.95. The summed E-state index contributed by atoms with van der Waals surface area (Å²) in [5, 5.41) is 4.54. The summed E-state index contributed by atoms with van der Waals surface area (Å²) in [6, 6.07) is 8.48. The van der Waals surface area contributed by atoms with Crippen LogP contribution < -0.4 is 5.32 Å². The van der Waals surface area contributed by atoms with Crippen LogP contribution in [0.1, 0.15) is 32.3 Å². The molecule has 4 heteroatoms. The van der Waals surface area contributed by atoms with Crippen molar-refractivity contribution in [2.24, 2.45) is 4.99 Å². The number of nitrogens with zero attached hydrogens (tertiary/aromatic N) is 2. The van der Waals surface area contributed by atoms with E-state index in [2.05, 4.69) is 48.3 Å². The van der Waals surface area contributed by atoms with Crippen molar-refractivity contribution in [1.29, 1.82) is 0 Å². The lowest BCUT2D eigenvalue weighted by atomic mass is 9.92. The summed E-state index contributed by atoms with van der Waals surface area (Å²) in [4.78, 5) is 7.42. The van der Waals surface area contributed by atoms with E-state index < -0.39 is 0 Å². The largest absolute Gasteiger partial charge is 0.335 e. The number of thioether (sulfide) groups is 1. The highest BCUT2D eigenvalue weighted by molar-refractivity contribution is 8.14. The summed E-state index contributed by atoms with van der Waals surface area (Å²) in [6.07, 6.45) is 2.73. The molecule has 1 saturated heterocycles. The Morgan fingerprint density at radius 1 is 1.25 bits per heavy atom. The molecule has 1 aromatic rings. The molecule has 0 saturated carbocycles. The summed E-state index contributed by atoms with van der Waals surface area (Å²) in [5.41, 5.74) is 2.36. The molecule has 0 aromatic heterocycles. The van der Waals surface area contributed by atoms with Gasteiger partial charge >= 0.3 is 0 Å². The van der Waals surface area contributed by atoms with Crippen LogP contribution in [0.5, 0.6) is 0 Å². The Morgan fingerprint density at radius 3 is 2.80 bits per heavy atom. The van der Waals surface area contributed by atoms with Crippen LogP contribution >= 0.6 is 11.8 Å². The number of aliphatic imine (C=N–C) groups is 1. The molecule has 0 radical (unpaired) electrons. The molecule has 2 aliphatic rings. The number of hydrogen-bond donors (Lipinski definition) is 1. The number of nitrogens with one attached hydrogen (secondary N) is 1. The van der Waals surface area contributed by atoms with Gasteiger partial charge in [-0.15, -0.1) is 0 Å². The van der Waals surface area contributed by atoms with Crippen molar-refractivity contribution in [3.63, 3.8) is 0 Å². The van der Waals surface area contributed by atoms with Gasteiger partial charge in [-0.25, -0.2) is 0 Å². The molecule has 3 rings (SSSR count). The van der Waals surface area contributed by atoms with Gasteiger partial charge in [0.15, 0.2) is 5.17 Å². The maximum atomic E-state index is 4.87. The smallest absolute Gasteiger partial charge is 0.161 e. The Hall–Kier alpha value is -1.00. The van der Waals surface area contributed by atoms with Crippen molar-refractivity contribution >= 4 is 22.6 Å². The molecule has 1 aromatic carbocycles. The van der Waals surface area contributed by atoms with E-state index in [-0.39, 0.29) is 5.54 Å². The van der Waals surface area contributed by atoms with Gasteiger partial charge in [-0.1, -0.05) is 30.0 Å². The van der Waals surface area contributed by atoms with Crippen LogP contribution in [0.4, 0.5) is 5.69 Å². The second-order valence-corrected chi connectivity index (χ2v) is 7.13. The maximum Gasteiger partial charge on any atom is 0.161 e. The molecule has 0 bridgehead atoms. The minimum Gasteiger partial charge on any atom is -0.335 e. The molecule has 0 unspecified atom stereocenters. The van der Waals surface area contributed by atoms with Crippen molar-refractivity contribution in [1.82, 2.24) is 4.90 Å². The topological polar surface area (TPSA) is 27.6 Å². The quantitative estimate of drug-likeness (QED) is 0.922. The van der Waals surface area contributed by atoms with Crippen LogP contribution in [0.2, 0.25) is 0 Å². The number of para-hydroxylation sites is 1. The van der Waals surface area contributed by atoms with Crippen LogP contribution in [0, 0.1) is 0 Å². The lowest BCUT2D eigenvalue weighted by molar-refractivity contribution is 0.362. The third-order valence-corrected chi connectivity index (χ3v) is 4.91. The lowest BCUT2D eigenvalue weighted by Crippen LogP contribution is -2.28. The van der Waals surface area contributed by atoms with E-state index in [4.69, 9.17) is 4.99 Å². The van der Waals surface area contributed by atoms with Crippen LogP contribution in [0.3, 0.4) is 0 Å². The van der Waals surface area contributed by atoms with E-state index in [1.54, 1.807) is 0 Å². The molecule has 108 valence electrons. The monoisotopic (exact) mass is 289 g/mol. The first-order valence-electron chi connectivity index (χ1n) is 7.47. The fourth-order valence-electron chi connectivity index (χ4n) is 2.93. The van der Waals surface area contributed by atoms with Crippen molar-refractivity contribution in [3.8, 4) is 0 Å². The normalized spacial score (nSPS) is 21.2. The minimum absolute atomic E-state index is 0.127. The third kappa shape index (κ3) is 3.01. The molecule has 0 spiro atoms. The zero-order valence-electron chi connectivity index (χ0n) is 12.4. The number of anilines is 1. The number of fused-ring (bicyclic) bond motifs is 1. The highest BCUT2D eigenvalue weighted by Crippen LogP contribution is 2.36. The van der Waals surface area contributed by atoms with Gasteiger partial charge in [-0.3, -0.25) is 4.99 Å². The Morgan fingerprint density at radius 2 is 2.00 bits per heavy atom. The molecule has 0 aliphatic carbocycles. The van der Waals surface area contributed by atoms with E-state index in [9.17, 15) is 0 Å². The number of amidine groups is 1. The first kappa shape index (κ1) is 14.0. The molecule has 3 nitrogen and oxygen atoms in total. The van der Waals surface area contributed by atoms with Crippen LogP contribution in [-0.4, -0.2) is 35.5 Å². The van der Waals surface area contributed by atoms with Gasteiger partial charge in [0, 0.05) is 23.5 Å². The van der Waals surface area contributed by atoms with Gasteiger partial charge in [0.25, 0.3) is 0 Å². The summed E-state index contributed by atoms with van der Waals surface area (Å²) in [7, 11) is 0. The maximum absolute atomic E-state index is 4.87. The van der Waals surface area contributed by atoms with E-state index in [1.807, 2.05) is 11.8 Å². The van der Waals surface area contributed by atoms with Crippen LogP contribution in [-0.2, 0) is 5.54 Å². The predicted octanol–water partition coefficient (Wildman–Crippen LogP) is 3.53. The van der Waals surface area contributed by atoms with Crippen molar-refractivity contribution < 1.29 is 0 Å². The van der Waals surface area contributed by atoms with Gasteiger partial charge in [0.05, 0.1) is 5.54 Å². The Kier molecular flexibility index (Phi) is 4.03. The summed E-state index contributed by atoms with van der Waals surface area (Å²) < 4.78 is 0. The minimum atomic E-state index is -0.127. The molecule has 20 heavy (non-hydrogen) atoms. The Labute approximate surface area is 125 Å². The lowest BCUT2D eigenvalue weighted by Gasteiger charge is -2.30. The first-order chi connectivity index (χ1) is 9.65. The molecular weight excluding hydrogens is 266 g/mol. The highest BCUT2D eigenvalue weighted by Gasteiger charge is 2.27. The van der Waals surface area contributed by atoms with Crippen molar-refractivity contribution in [2.75, 3.05) is 30.7 Å². The fraction of sp³-hybridized carbons (Fsp3) is 0.562. The predicted molar refractivity (Wildman–Crippen MR) is 88.7 cm³/mol. The molecule has 2 aliphatic heterocycles. The van der Waals surface area contributed by atoms with Crippen molar-refractivity contribution in [2.45, 2.75) is 32.2 Å². The van der Waals surface area contributed by atoms with E-state index in [1.165, 1.54) is 43.7 Å². The van der Waals surface area contributed by atoms with Gasteiger partial charge < -0.3 is 10.2 Å². The standard InChI is InChI=1S/C16H23N3S/c1-16(2)13-7-3-4-8-14(13)17-15(18-16)20-12-11-19-9-5-6-10-19/h3-4,7-8H,5-6,9-12H2,1-2H3,(H,17,18). The Balaban J connectivity index is 1.62. The molecule has 1 N–H and O–H groups in total. The molecule has 1 fully saturated rings. The highest BCUT2D eigenvalue weighted by atomic mass is 32.2. The van der Waals surface area contributed by atoms with Crippen LogP contribution in [0.25, 0.3) is 0 Å². The van der Waals surface area contributed by atoms with Crippen molar-refractivity contribution in [3.05, 3.63) is 29.8 Å². The SMILES string of the molecule is CC1(C)N=C(SCCN2CCCC2)Nc2ccccc21. The summed E-state index contributed by atoms with van der Waals surface area (Å²) in [6.45, 7) is 8.10. The number of rotatable bonds is 3. The van der Waals surface area contributed by atoms with Crippen LogP contribution in [0.15, 0.2) is 29.3 Å². The first-order valence-corrected chi connectivity index (χ1v) is 8.45.